The predicted molar refractivity (Wildman–Crippen MR) is 87.5 cm³/mol. The molecule has 1 fully saturated rings. The van der Waals surface area contributed by atoms with Gasteiger partial charge in [-0.25, -0.2) is 8.42 Å². The molecule has 2 rings (SSSR count). The van der Waals surface area contributed by atoms with Crippen LogP contribution in [0.25, 0.3) is 0 Å². The Hall–Kier alpha value is -1.07. The fraction of sp³-hybridized carbons (Fsp3) is 0.625. The van der Waals surface area contributed by atoms with Gasteiger partial charge >= 0.3 is 0 Å². The highest BCUT2D eigenvalue weighted by Gasteiger charge is 2.22. The Morgan fingerprint density at radius 2 is 2.00 bits per heavy atom. The molecule has 1 heterocycles. The molecule has 0 radical (unpaired) electrons. The van der Waals surface area contributed by atoms with Crippen LogP contribution in [0.3, 0.4) is 0 Å². The average molecular weight is 310 g/mol. The molecular formula is C16H26N2O2S. The number of benzene rings is 1. The highest BCUT2D eigenvalue weighted by atomic mass is 32.2. The molecule has 1 aromatic carbocycles. The van der Waals surface area contributed by atoms with E-state index < -0.39 is 9.84 Å². The van der Waals surface area contributed by atoms with Gasteiger partial charge in [-0.1, -0.05) is 6.92 Å². The third-order valence-corrected chi connectivity index (χ3v) is 6.11. The van der Waals surface area contributed by atoms with Crippen LogP contribution in [0.2, 0.25) is 0 Å². The van der Waals surface area contributed by atoms with Gasteiger partial charge in [0, 0.05) is 18.3 Å². The molecule has 0 aliphatic carbocycles. The molecule has 0 amide bonds. The third-order valence-electron chi connectivity index (χ3n) is 4.36. The maximum atomic E-state index is 11.8. The van der Waals surface area contributed by atoms with E-state index in [1.165, 1.54) is 19.4 Å². The molecule has 0 aromatic heterocycles. The van der Waals surface area contributed by atoms with Crippen LogP contribution in [0, 0.1) is 5.92 Å². The maximum Gasteiger partial charge on any atom is 0.178 e. The first-order valence-corrected chi connectivity index (χ1v) is 9.35. The van der Waals surface area contributed by atoms with Gasteiger partial charge in [0.05, 0.1) is 10.6 Å². The number of piperidine rings is 1. The van der Waals surface area contributed by atoms with Crippen molar-refractivity contribution in [1.29, 1.82) is 0 Å². The topological polar surface area (TPSA) is 49.4 Å². The first-order valence-electron chi connectivity index (χ1n) is 7.70. The van der Waals surface area contributed by atoms with E-state index in [1.54, 1.807) is 19.1 Å². The Bertz CT molecular complexity index is 554. The van der Waals surface area contributed by atoms with Crippen molar-refractivity contribution in [1.82, 2.24) is 4.90 Å². The second-order valence-corrected chi connectivity index (χ2v) is 8.30. The Morgan fingerprint density at radius 1 is 1.33 bits per heavy atom. The van der Waals surface area contributed by atoms with E-state index in [9.17, 15) is 8.42 Å². The van der Waals surface area contributed by atoms with Crippen molar-refractivity contribution in [2.24, 2.45) is 5.92 Å². The zero-order valence-electron chi connectivity index (χ0n) is 13.2. The standard InChI is InChI=1S/C16H26N2O2S/c1-4-21(19,20)16-9-7-15(8-10-16)17-13(2)14-6-5-11-18(3)12-14/h7-10,13-14,17H,4-6,11-12H2,1-3H3. The van der Waals surface area contributed by atoms with Gasteiger partial charge in [0.1, 0.15) is 0 Å². The summed E-state index contributed by atoms with van der Waals surface area (Å²) in [6, 6.07) is 7.51. The molecule has 1 aliphatic heterocycles. The first-order chi connectivity index (χ1) is 9.92. The summed E-state index contributed by atoms with van der Waals surface area (Å²) in [4.78, 5) is 2.78. The minimum absolute atomic E-state index is 0.143. The molecule has 4 nitrogen and oxygen atoms in total. The van der Waals surface area contributed by atoms with E-state index >= 15 is 0 Å². The van der Waals surface area contributed by atoms with Crippen molar-refractivity contribution < 1.29 is 8.42 Å². The summed E-state index contributed by atoms with van der Waals surface area (Å²) in [5.74, 6) is 0.785. The number of anilines is 1. The summed E-state index contributed by atoms with van der Waals surface area (Å²) in [6.45, 7) is 6.19. The van der Waals surface area contributed by atoms with Crippen molar-refractivity contribution >= 4 is 15.5 Å². The summed E-state index contributed by atoms with van der Waals surface area (Å²) in [5, 5.41) is 3.51. The molecule has 1 saturated heterocycles. The lowest BCUT2D eigenvalue weighted by Gasteiger charge is -2.34. The number of likely N-dealkylation sites (tertiary alicyclic amines) is 1. The van der Waals surface area contributed by atoms with Crippen LogP contribution < -0.4 is 5.32 Å². The van der Waals surface area contributed by atoms with Gasteiger partial charge in [-0.2, -0.15) is 0 Å². The van der Waals surface area contributed by atoms with Crippen molar-refractivity contribution in [2.75, 3.05) is 31.2 Å². The molecule has 0 saturated carbocycles. The van der Waals surface area contributed by atoms with Gasteiger partial charge in [-0.05, 0) is 63.5 Å². The van der Waals surface area contributed by atoms with Crippen LogP contribution in [-0.4, -0.2) is 45.2 Å². The molecule has 0 spiro atoms. The molecule has 0 bridgehead atoms. The summed E-state index contributed by atoms with van der Waals surface area (Å²) in [7, 11) is -0.936. The van der Waals surface area contributed by atoms with Gasteiger partial charge in [-0.15, -0.1) is 0 Å². The smallest absolute Gasteiger partial charge is 0.178 e. The summed E-state index contributed by atoms with van der Waals surface area (Å²) >= 11 is 0. The minimum atomic E-state index is -3.11. The molecule has 21 heavy (non-hydrogen) atoms. The van der Waals surface area contributed by atoms with Crippen LogP contribution in [-0.2, 0) is 9.84 Å². The van der Waals surface area contributed by atoms with Gasteiger partial charge in [0.2, 0.25) is 0 Å². The van der Waals surface area contributed by atoms with Crippen molar-refractivity contribution in [2.45, 2.75) is 37.6 Å². The normalized spacial score (nSPS) is 22.0. The molecule has 1 aliphatic rings. The Labute approximate surface area is 128 Å². The van der Waals surface area contributed by atoms with E-state index in [0.29, 0.717) is 16.9 Å². The fourth-order valence-electron chi connectivity index (χ4n) is 2.92. The lowest BCUT2D eigenvalue weighted by atomic mass is 9.92. The van der Waals surface area contributed by atoms with Gasteiger partial charge in [0.25, 0.3) is 0 Å². The number of nitrogens with one attached hydrogen (secondary N) is 1. The molecule has 1 N–H and O–H groups in total. The van der Waals surface area contributed by atoms with Crippen molar-refractivity contribution in [3.8, 4) is 0 Å². The summed E-state index contributed by atoms with van der Waals surface area (Å²) in [5.41, 5.74) is 0.991. The highest BCUT2D eigenvalue weighted by molar-refractivity contribution is 7.91. The van der Waals surface area contributed by atoms with Gasteiger partial charge in [0.15, 0.2) is 9.84 Å². The second kappa shape index (κ2) is 6.79. The average Bonchev–Trinajstić information content (AvgIpc) is 2.48. The number of hydrogen-bond donors (Lipinski definition) is 1. The van der Waals surface area contributed by atoms with Crippen LogP contribution in [0.15, 0.2) is 29.2 Å². The van der Waals surface area contributed by atoms with E-state index in [1.807, 2.05) is 12.1 Å². The van der Waals surface area contributed by atoms with Crippen molar-refractivity contribution in [3.63, 3.8) is 0 Å². The van der Waals surface area contributed by atoms with Crippen LogP contribution in [0.4, 0.5) is 5.69 Å². The zero-order chi connectivity index (χ0) is 15.5. The monoisotopic (exact) mass is 310 g/mol. The van der Waals surface area contributed by atoms with Gasteiger partial charge < -0.3 is 10.2 Å². The second-order valence-electron chi connectivity index (χ2n) is 6.03. The lowest BCUT2D eigenvalue weighted by Crippen LogP contribution is -2.39. The SMILES string of the molecule is CCS(=O)(=O)c1ccc(NC(C)C2CCCN(C)C2)cc1. The molecule has 5 heteroatoms. The first kappa shape index (κ1) is 16.3. The highest BCUT2D eigenvalue weighted by Crippen LogP contribution is 2.22. The predicted octanol–water partition coefficient (Wildman–Crippen LogP) is 2.62. The number of hydrogen-bond acceptors (Lipinski definition) is 4. The Morgan fingerprint density at radius 3 is 2.57 bits per heavy atom. The molecule has 118 valence electrons. The molecule has 2 unspecified atom stereocenters. The third kappa shape index (κ3) is 4.20. The fourth-order valence-corrected chi connectivity index (χ4v) is 3.80. The van der Waals surface area contributed by atoms with Crippen molar-refractivity contribution in [3.05, 3.63) is 24.3 Å². The van der Waals surface area contributed by atoms with E-state index in [-0.39, 0.29) is 5.75 Å². The number of sulfone groups is 1. The summed E-state index contributed by atoms with van der Waals surface area (Å²) < 4.78 is 23.6. The molecule has 2 atom stereocenters. The minimum Gasteiger partial charge on any atom is -0.382 e. The number of nitrogens with zero attached hydrogens (tertiary/aromatic N) is 1. The maximum absolute atomic E-state index is 11.8. The van der Waals surface area contributed by atoms with Crippen LogP contribution >= 0.6 is 0 Å². The number of rotatable bonds is 5. The zero-order valence-corrected chi connectivity index (χ0v) is 14.0. The quantitative estimate of drug-likeness (QED) is 0.908. The van der Waals surface area contributed by atoms with E-state index in [4.69, 9.17) is 0 Å². The van der Waals surface area contributed by atoms with E-state index in [0.717, 1.165) is 12.2 Å². The molecule has 1 aromatic rings. The lowest BCUT2D eigenvalue weighted by molar-refractivity contribution is 0.197. The van der Waals surface area contributed by atoms with Crippen LogP contribution in [0.1, 0.15) is 26.7 Å². The van der Waals surface area contributed by atoms with Crippen LogP contribution in [0.5, 0.6) is 0 Å². The Kier molecular flexibility index (Phi) is 5.27. The largest absolute Gasteiger partial charge is 0.382 e. The van der Waals surface area contributed by atoms with E-state index in [2.05, 4.69) is 24.2 Å². The Balaban J connectivity index is 2.00. The van der Waals surface area contributed by atoms with Gasteiger partial charge in [-0.3, -0.25) is 0 Å². The summed E-state index contributed by atoms with van der Waals surface area (Å²) in [6.07, 6.45) is 2.50. The molecular weight excluding hydrogens is 284 g/mol.